The van der Waals surface area contributed by atoms with Gasteiger partial charge >= 0.3 is 11.9 Å². The van der Waals surface area contributed by atoms with E-state index in [1.165, 1.54) is 0 Å². The molecule has 0 rings (SSSR count). The van der Waals surface area contributed by atoms with Gasteiger partial charge in [-0.1, -0.05) is 33.3 Å². The van der Waals surface area contributed by atoms with Crippen LogP contribution in [0.3, 0.4) is 0 Å². The summed E-state index contributed by atoms with van der Waals surface area (Å²) in [5, 5.41) is 0. The molecule has 212 valence electrons. The number of carbonyl (C=O) groups excluding carboxylic acids is 2. The Bertz CT molecular complexity index is 541. The van der Waals surface area contributed by atoms with E-state index in [1.807, 2.05) is 6.92 Å². The number of unbranched alkanes of at least 4 members (excludes halogenated alkanes) is 1. The number of esters is 2. The third-order valence-electron chi connectivity index (χ3n) is 4.87. The molecular weight excluding hydrogens is 472 g/mol. The second-order valence-electron chi connectivity index (χ2n) is 8.01. The van der Waals surface area contributed by atoms with Crippen LogP contribution in [-0.4, -0.2) is 104 Å². The zero-order valence-electron chi connectivity index (χ0n) is 22.6. The molecule has 0 N–H and O–H groups in total. The first kappa shape index (κ1) is 34.4. The molecule has 10 heteroatoms. The standard InChI is InChI=1S/C26H48O10/c1-5-7-8-24(6-2)26(28)36-22-20-34-18-16-32-14-12-30-10-9-29-11-13-31-15-17-33-19-21-35-25(27)23(3)4/h24H,3,5-22H2,1-2,4H3. The molecule has 0 aliphatic rings. The highest BCUT2D eigenvalue weighted by Crippen LogP contribution is 2.14. The predicted molar refractivity (Wildman–Crippen MR) is 135 cm³/mol. The van der Waals surface area contributed by atoms with E-state index in [9.17, 15) is 9.59 Å². The van der Waals surface area contributed by atoms with Crippen molar-refractivity contribution in [1.29, 1.82) is 0 Å². The van der Waals surface area contributed by atoms with Crippen LogP contribution in [0.4, 0.5) is 0 Å². The van der Waals surface area contributed by atoms with Gasteiger partial charge in [0.1, 0.15) is 13.2 Å². The van der Waals surface area contributed by atoms with Gasteiger partial charge in [-0.15, -0.1) is 0 Å². The van der Waals surface area contributed by atoms with Crippen LogP contribution >= 0.6 is 0 Å². The maximum absolute atomic E-state index is 12.0. The highest BCUT2D eigenvalue weighted by molar-refractivity contribution is 5.86. The van der Waals surface area contributed by atoms with Crippen LogP contribution in [0, 0.1) is 5.92 Å². The lowest BCUT2D eigenvalue weighted by atomic mass is 10.00. The highest BCUT2D eigenvalue weighted by atomic mass is 16.6. The first-order chi connectivity index (χ1) is 17.5. The van der Waals surface area contributed by atoms with Gasteiger partial charge in [-0.2, -0.15) is 0 Å². The summed E-state index contributed by atoms with van der Waals surface area (Å²) in [7, 11) is 0. The maximum Gasteiger partial charge on any atom is 0.333 e. The van der Waals surface area contributed by atoms with Crippen LogP contribution < -0.4 is 0 Å². The molecular formula is C26H48O10. The number of hydrogen-bond donors (Lipinski definition) is 0. The van der Waals surface area contributed by atoms with E-state index >= 15 is 0 Å². The molecule has 10 nitrogen and oxygen atoms in total. The van der Waals surface area contributed by atoms with E-state index in [-0.39, 0.29) is 25.1 Å². The van der Waals surface area contributed by atoms with Crippen molar-refractivity contribution < 1.29 is 47.5 Å². The maximum atomic E-state index is 12.0. The molecule has 0 spiro atoms. The van der Waals surface area contributed by atoms with E-state index in [0.717, 1.165) is 25.7 Å². The summed E-state index contributed by atoms with van der Waals surface area (Å²) in [5.41, 5.74) is 0.370. The lowest BCUT2D eigenvalue weighted by molar-refractivity contribution is -0.150. The average molecular weight is 521 g/mol. The Hall–Kier alpha value is -1.56. The predicted octanol–water partition coefficient (Wildman–Crippen LogP) is 2.96. The molecule has 0 fully saturated rings. The molecule has 1 unspecified atom stereocenters. The normalized spacial score (nSPS) is 11.9. The third-order valence-corrected chi connectivity index (χ3v) is 4.87. The Labute approximate surface area is 216 Å². The van der Waals surface area contributed by atoms with Gasteiger partial charge in [0.25, 0.3) is 0 Å². The summed E-state index contributed by atoms with van der Waals surface area (Å²) in [6.45, 7) is 15.0. The van der Waals surface area contributed by atoms with Crippen molar-refractivity contribution in [2.24, 2.45) is 5.92 Å². The lowest BCUT2D eigenvalue weighted by Gasteiger charge is -2.13. The van der Waals surface area contributed by atoms with Gasteiger partial charge in [0.05, 0.1) is 85.2 Å². The lowest BCUT2D eigenvalue weighted by Crippen LogP contribution is -2.20. The van der Waals surface area contributed by atoms with Crippen LogP contribution in [0.1, 0.15) is 46.5 Å². The van der Waals surface area contributed by atoms with Gasteiger partial charge in [-0.05, 0) is 19.8 Å². The van der Waals surface area contributed by atoms with Crippen LogP contribution in [0.25, 0.3) is 0 Å². The molecule has 0 radical (unpaired) electrons. The quantitative estimate of drug-likeness (QED) is 0.0911. The first-order valence-electron chi connectivity index (χ1n) is 13.0. The Morgan fingerprint density at radius 2 is 0.972 bits per heavy atom. The van der Waals surface area contributed by atoms with Gasteiger partial charge in [0, 0.05) is 5.57 Å². The summed E-state index contributed by atoms with van der Waals surface area (Å²) in [6.07, 6.45) is 3.83. The Kier molecular flexibility index (Phi) is 25.4. The summed E-state index contributed by atoms with van der Waals surface area (Å²) in [6, 6.07) is 0. The Balaban J connectivity index is 3.23. The molecule has 1 atom stereocenters. The van der Waals surface area contributed by atoms with Crippen molar-refractivity contribution in [2.75, 3.05) is 92.5 Å². The van der Waals surface area contributed by atoms with Crippen molar-refractivity contribution >= 4 is 11.9 Å². The number of hydrogen-bond acceptors (Lipinski definition) is 10. The molecule has 0 saturated heterocycles. The first-order valence-corrected chi connectivity index (χ1v) is 13.0. The molecule has 0 aromatic heterocycles. The minimum atomic E-state index is -0.413. The SMILES string of the molecule is C=C(C)C(=O)OCCOCCOCCOCCOCCOCCOCCOC(=O)C(CC)CCCC. The fourth-order valence-corrected chi connectivity index (χ4v) is 2.78. The topological polar surface area (TPSA) is 108 Å². The van der Waals surface area contributed by atoms with Gasteiger partial charge in [0.15, 0.2) is 0 Å². The molecule has 0 aromatic rings. The molecule has 0 aliphatic carbocycles. The van der Waals surface area contributed by atoms with Crippen molar-refractivity contribution in [1.82, 2.24) is 0 Å². The smallest absolute Gasteiger partial charge is 0.333 e. The van der Waals surface area contributed by atoms with Crippen molar-refractivity contribution in [3.05, 3.63) is 12.2 Å². The fraction of sp³-hybridized carbons (Fsp3) is 0.846. The molecule has 0 aromatic carbocycles. The number of rotatable bonds is 27. The number of ether oxygens (including phenoxy) is 8. The molecule has 36 heavy (non-hydrogen) atoms. The Morgan fingerprint density at radius 3 is 1.31 bits per heavy atom. The van der Waals surface area contributed by atoms with Gasteiger partial charge < -0.3 is 37.9 Å². The van der Waals surface area contributed by atoms with Gasteiger partial charge in [-0.25, -0.2) is 4.79 Å². The summed E-state index contributed by atoms with van der Waals surface area (Å²) >= 11 is 0. The van der Waals surface area contributed by atoms with Crippen LogP contribution in [0.2, 0.25) is 0 Å². The van der Waals surface area contributed by atoms with Crippen molar-refractivity contribution in [3.63, 3.8) is 0 Å². The summed E-state index contributed by atoms with van der Waals surface area (Å²) in [5.74, 6) is -0.540. The molecule has 0 heterocycles. The van der Waals surface area contributed by atoms with Crippen LogP contribution in [-0.2, 0) is 47.5 Å². The minimum Gasteiger partial charge on any atom is -0.463 e. The van der Waals surface area contributed by atoms with E-state index < -0.39 is 5.97 Å². The largest absolute Gasteiger partial charge is 0.463 e. The molecule has 0 aliphatic heterocycles. The zero-order chi connectivity index (χ0) is 26.7. The van der Waals surface area contributed by atoms with Crippen molar-refractivity contribution in [2.45, 2.75) is 46.5 Å². The molecule has 0 saturated carbocycles. The Morgan fingerprint density at radius 1 is 0.611 bits per heavy atom. The highest BCUT2D eigenvalue weighted by Gasteiger charge is 2.16. The van der Waals surface area contributed by atoms with E-state index in [0.29, 0.717) is 84.9 Å². The second-order valence-corrected chi connectivity index (χ2v) is 8.01. The third kappa shape index (κ3) is 22.9. The van der Waals surface area contributed by atoms with E-state index in [1.54, 1.807) is 6.92 Å². The van der Waals surface area contributed by atoms with Crippen LogP contribution in [0.15, 0.2) is 12.2 Å². The fourth-order valence-electron chi connectivity index (χ4n) is 2.78. The monoisotopic (exact) mass is 520 g/mol. The zero-order valence-corrected chi connectivity index (χ0v) is 22.6. The van der Waals surface area contributed by atoms with E-state index in [2.05, 4.69) is 13.5 Å². The summed E-state index contributed by atoms with van der Waals surface area (Å²) in [4.78, 5) is 23.1. The second kappa shape index (κ2) is 26.5. The van der Waals surface area contributed by atoms with E-state index in [4.69, 9.17) is 37.9 Å². The molecule has 0 amide bonds. The average Bonchev–Trinajstić information content (AvgIpc) is 2.87. The van der Waals surface area contributed by atoms with Crippen LogP contribution in [0.5, 0.6) is 0 Å². The van der Waals surface area contributed by atoms with Crippen molar-refractivity contribution in [3.8, 4) is 0 Å². The molecule has 0 bridgehead atoms. The van der Waals surface area contributed by atoms with Gasteiger partial charge in [0.2, 0.25) is 0 Å². The number of carbonyl (C=O) groups is 2. The van der Waals surface area contributed by atoms with Gasteiger partial charge in [-0.3, -0.25) is 4.79 Å². The summed E-state index contributed by atoms with van der Waals surface area (Å²) < 4.78 is 42.5. The minimum absolute atomic E-state index is 0.00370.